The second-order valence-electron chi connectivity index (χ2n) is 4.73. The molecule has 3 rings (SSSR count). The van der Waals surface area contributed by atoms with Crippen molar-refractivity contribution >= 4 is 17.2 Å². The van der Waals surface area contributed by atoms with Gasteiger partial charge in [0.2, 0.25) is 0 Å². The zero-order valence-electron chi connectivity index (χ0n) is 11.4. The maximum Gasteiger partial charge on any atom is 0.198 e. The molecule has 2 aromatic heterocycles. The number of hydrogen-bond donors (Lipinski definition) is 0. The molecule has 0 aliphatic rings. The molecule has 0 radical (unpaired) electrons. The number of benzene rings is 1. The zero-order chi connectivity index (χ0) is 15.1. The Morgan fingerprint density at radius 1 is 1.14 bits per heavy atom. The van der Waals surface area contributed by atoms with Crippen molar-refractivity contribution in [1.82, 2.24) is 19.6 Å². The maximum absolute atomic E-state index is 13.8. The van der Waals surface area contributed by atoms with Crippen LogP contribution in [-0.4, -0.2) is 19.6 Å². The molecular weight excluding hydrogens is 298 g/mol. The van der Waals surface area contributed by atoms with Gasteiger partial charge in [-0.25, -0.2) is 13.8 Å². The molecule has 7 heteroatoms. The minimum Gasteiger partial charge on any atom is -0.279 e. The van der Waals surface area contributed by atoms with Gasteiger partial charge in [-0.1, -0.05) is 17.7 Å². The Balaban J connectivity index is 2.18. The van der Waals surface area contributed by atoms with E-state index in [1.165, 1.54) is 18.2 Å². The first-order valence-corrected chi connectivity index (χ1v) is 6.66. The van der Waals surface area contributed by atoms with Crippen LogP contribution in [0, 0.1) is 25.5 Å². The first-order chi connectivity index (χ1) is 9.99. The summed E-state index contributed by atoms with van der Waals surface area (Å²) in [6.45, 7) is 3.63. The molecule has 0 saturated heterocycles. The minimum atomic E-state index is -0.610. The van der Waals surface area contributed by atoms with Crippen molar-refractivity contribution in [2.45, 2.75) is 20.3 Å². The van der Waals surface area contributed by atoms with Crippen LogP contribution >= 0.6 is 11.6 Å². The van der Waals surface area contributed by atoms with Crippen LogP contribution in [0.25, 0.3) is 5.65 Å². The molecule has 0 atom stereocenters. The van der Waals surface area contributed by atoms with E-state index in [-0.39, 0.29) is 17.1 Å². The molecular formula is C14H11ClF2N4. The van der Waals surface area contributed by atoms with Crippen molar-refractivity contribution in [2.75, 3.05) is 0 Å². The molecule has 0 fully saturated rings. The molecule has 0 N–H and O–H groups in total. The summed E-state index contributed by atoms with van der Waals surface area (Å²) in [6.07, 6.45) is -0.0136. The molecule has 0 aliphatic carbocycles. The highest BCUT2D eigenvalue weighted by molar-refractivity contribution is 6.32. The monoisotopic (exact) mass is 308 g/mol. The van der Waals surface area contributed by atoms with Crippen molar-refractivity contribution in [3.63, 3.8) is 0 Å². The van der Waals surface area contributed by atoms with E-state index in [2.05, 4.69) is 15.2 Å². The lowest BCUT2D eigenvalue weighted by molar-refractivity contribution is 0.558. The zero-order valence-corrected chi connectivity index (χ0v) is 12.1. The van der Waals surface area contributed by atoms with Gasteiger partial charge in [-0.15, -0.1) is 10.2 Å². The number of halogens is 3. The van der Waals surface area contributed by atoms with Crippen LogP contribution in [0.4, 0.5) is 8.78 Å². The molecule has 1 aromatic carbocycles. The van der Waals surface area contributed by atoms with Gasteiger partial charge in [-0.3, -0.25) is 4.40 Å². The molecule has 4 nitrogen and oxygen atoms in total. The van der Waals surface area contributed by atoms with E-state index in [0.29, 0.717) is 17.2 Å². The van der Waals surface area contributed by atoms with Crippen LogP contribution < -0.4 is 0 Å². The predicted molar refractivity (Wildman–Crippen MR) is 74.4 cm³/mol. The molecule has 0 bridgehead atoms. The summed E-state index contributed by atoms with van der Waals surface area (Å²) in [5.74, 6) is -0.804. The average Bonchev–Trinajstić information content (AvgIpc) is 2.85. The van der Waals surface area contributed by atoms with E-state index in [1.54, 1.807) is 11.3 Å². The minimum absolute atomic E-state index is 0.0136. The molecule has 0 amide bonds. The fourth-order valence-corrected chi connectivity index (χ4v) is 2.47. The van der Waals surface area contributed by atoms with Gasteiger partial charge in [-0.2, -0.15) is 0 Å². The van der Waals surface area contributed by atoms with Crippen LogP contribution in [-0.2, 0) is 6.42 Å². The van der Waals surface area contributed by atoms with Gasteiger partial charge < -0.3 is 0 Å². The van der Waals surface area contributed by atoms with Gasteiger partial charge in [0, 0.05) is 17.7 Å². The van der Waals surface area contributed by atoms with Crippen LogP contribution in [0.15, 0.2) is 18.2 Å². The number of hydrogen-bond acceptors (Lipinski definition) is 3. The van der Waals surface area contributed by atoms with Crippen molar-refractivity contribution < 1.29 is 8.78 Å². The maximum atomic E-state index is 13.8. The van der Waals surface area contributed by atoms with E-state index < -0.39 is 11.6 Å². The summed E-state index contributed by atoms with van der Waals surface area (Å²) in [4.78, 5) is 4.15. The summed E-state index contributed by atoms with van der Waals surface area (Å²) in [5, 5.41) is 8.15. The quantitative estimate of drug-likeness (QED) is 0.730. The highest BCUT2D eigenvalue weighted by Crippen LogP contribution is 2.21. The average molecular weight is 309 g/mol. The van der Waals surface area contributed by atoms with Crippen LogP contribution in [0.1, 0.15) is 22.8 Å². The molecule has 21 heavy (non-hydrogen) atoms. The number of rotatable bonds is 2. The van der Waals surface area contributed by atoms with Crippen LogP contribution in [0.3, 0.4) is 0 Å². The second-order valence-corrected chi connectivity index (χ2v) is 5.08. The third-order valence-electron chi connectivity index (χ3n) is 3.44. The Labute approximate surface area is 124 Å². The number of nitrogens with zero attached hydrogens (tertiary/aromatic N) is 4. The second kappa shape index (κ2) is 5.04. The Morgan fingerprint density at radius 3 is 2.48 bits per heavy atom. The van der Waals surface area contributed by atoms with E-state index in [1.807, 2.05) is 6.92 Å². The number of aromatic nitrogens is 4. The third kappa shape index (κ3) is 2.25. The lowest BCUT2D eigenvalue weighted by Gasteiger charge is -2.08. The number of fused-ring (bicyclic) bond motifs is 1. The van der Waals surface area contributed by atoms with Crippen molar-refractivity contribution in [1.29, 1.82) is 0 Å². The largest absolute Gasteiger partial charge is 0.279 e. The fourth-order valence-electron chi connectivity index (χ4n) is 2.22. The molecule has 0 spiro atoms. The first kappa shape index (κ1) is 13.9. The Bertz CT molecular complexity index is 824. The molecule has 108 valence electrons. The topological polar surface area (TPSA) is 43.1 Å². The SMILES string of the molecule is Cc1nc(Cl)c2nnc(Cc3c(F)cccc3F)n2c1C. The third-order valence-corrected chi connectivity index (χ3v) is 3.69. The van der Waals surface area contributed by atoms with Crippen molar-refractivity contribution in [3.05, 3.63) is 57.8 Å². The lowest BCUT2D eigenvalue weighted by Crippen LogP contribution is -2.06. The van der Waals surface area contributed by atoms with Crippen LogP contribution in [0.2, 0.25) is 5.15 Å². The number of aryl methyl sites for hydroxylation is 2. The molecule has 2 heterocycles. The highest BCUT2D eigenvalue weighted by atomic mass is 35.5. The van der Waals surface area contributed by atoms with E-state index in [0.717, 1.165) is 5.69 Å². The molecule has 3 aromatic rings. The summed E-state index contributed by atoms with van der Waals surface area (Å²) in [6, 6.07) is 3.76. The van der Waals surface area contributed by atoms with E-state index in [9.17, 15) is 8.78 Å². The smallest absolute Gasteiger partial charge is 0.198 e. The van der Waals surface area contributed by atoms with E-state index >= 15 is 0 Å². The van der Waals surface area contributed by atoms with Crippen molar-refractivity contribution in [2.24, 2.45) is 0 Å². The normalized spacial score (nSPS) is 11.3. The first-order valence-electron chi connectivity index (χ1n) is 6.28. The van der Waals surface area contributed by atoms with Gasteiger partial charge in [0.05, 0.1) is 5.69 Å². The van der Waals surface area contributed by atoms with Gasteiger partial charge in [0.1, 0.15) is 17.5 Å². The highest BCUT2D eigenvalue weighted by Gasteiger charge is 2.17. The Kier molecular flexibility index (Phi) is 3.33. The molecule has 0 saturated carbocycles. The summed E-state index contributed by atoms with van der Waals surface area (Å²) in [7, 11) is 0. The fraction of sp³-hybridized carbons (Fsp3) is 0.214. The Hall–Kier alpha value is -2.08. The van der Waals surface area contributed by atoms with Gasteiger partial charge >= 0.3 is 0 Å². The van der Waals surface area contributed by atoms with Crippen LogP contribution in [0.5, 0.6) is 0 Å². The predicted octanol–water partition coefficient (Wildman–Crippen LogP) is 3.26. The van der Waals surface area contributed by atoms with Gasteiger partial charge in [-0.05, 0) is 26.0 Å². The van der Waals surface area contributed by atoms with Gasteiger partial charge in [0.25, 0.3) is 0 Å². The summed E-state index contributed by atoms with van der Waals surface area (Å²) < 4.78 is 29.2. The standard InChI is InChI=1S/C14H11ClF2N4/c1-7-8(2)21-12(19-20-14(21)13(15)18-7)6-9-10(16)4-3-5-11(9)17/h3-5H,6H2,1-2H3. The summed E-state index contributed by atoms with van der Waals surface area (Å²) >= 11 is 6.03. The molecule has 0 aliphatic heterocycles. The Morgan fingerprint density at radius 2 is 1.81 bits per heavy atom. The summed E-state index contributed by atoms with van der Waals surface area (Å²) in [5.41, 5.74) is 1.83. The lowest BCUT2D eigenvalue weighted by atomic mass is 10.1. The molecule has 0 unspecified atom stereocenters. The van der Waals surface area contributed by atoms with Crippen molar-refractivity contribution in [3.8, 4) is 0 Å². The van der Waals surface area contributed by atoms with Gasteiger partial charge in [0.15, 0.2) is 10.8 Å². The van der Waals surface area contributed by atoms with E-state index in [4.69, 9.17) is 11.6 Å².